The number of anilines is 4. The molecule has 5 rings (SSSR count). The van der Waals surface area contributed by atoms with Gasteiger partial charge < -0.3 is 24.8 Å². The molecule has 9 heteroatoms. The Labute approximate surface area is 190 Å². The Morgan fingerprint density at radius 3 is 2.61 bits per heavy atom. The molecule has 0 atom stereocenters. The lowest BCUT2D eigenvalue weighted by Crippen LogP contribution is -2.37. The molecule has 33 heavy (non-hydrogen) atoms. The molecule has 0 bridgehead atoms. The SMILES string of the molecule is Cc1cc(Nc2ccc(NC(=O)Cc3noc4ccccc34)cc2)nc(N2CCOCC2)n1. The van der Waals surface area contributed by atoms with Gasteiger partial charge in [0.25, 0.3) is 0 Å². The maximum absolute atomic E-state index is 12.5. The fourth-order valence-corrected chi connectivity index (χ4v) is 3.73. The number of ether oxygens (including phenoxy) is 1. The van der Waals surface area contributed by atoms with Gasteiger partial charge in [0.1, 0.15) is 11.5 Å². The van der Waals surface area contributed by atoms with E-state index in [9.17, 15) is 4.79 Å². The molecule has 1 fully saturated rings. The Kier molecular flexibility index (Phi) is 5.86. The van der Waals surface area contributed by atoms with E-state index >= 15 is 0 Å². The summed E-state index contributed by atoms with van der Waals surface area (Å²) in [4.78, 5) is 23.8. The lowest BCUT2D eigenvalue weighted by molar-refractivity contribution is -0.115. The molecule has 168 valence electrons. The first-order valence-corrected chi connectivity index (χ1v) is 10.8. The summed E-state index contributed by atoms with van der Waals surface area (Å²) < 4.78 is 10.7. The standard InChI is InChI=1S/C24H24N6O3/c1-16-14-22(28-24(25-16)30-10-12-32-13-11-30)26-17-6-8-18(9-7-17)27-23(31)15-20-19-4-2-3-5-21(19)33-29-20/h2-9,14H,10-13,15H2,1H3,(H,27,31)(H,25,26,28). The first-order chi connectivity index (χ1) is 16.1. The average molecular weight is 444 g/mol. The number of carbonyl (C=O) groups excluding carboxylic acids is 1. The highest BCUT2D eigenvalue weighted by atomic mass is 16.5. The zero-order valence-electron chi connectivity index (χ0n) is 18.2. The second-order valence-electron chi connectivity index (χ2n) is 7.85. The van der Waals surface area contributed by atoms with E-state index in [0.717, 1.165) is 35.7 Å². The van der Waals surface area contributed by atoms with Crippen LogP contribution >= 0.6 is 0 Å². The van der Waals surface area contributed by atoms with Gasteiger partial charge in [0.05, 0.1) is 19.6 Å². The minimum atomic E-state index is -0.156. The molecule has 4 aromatic rings. The summed E-state index contributed by atoms with van der Waals surface area (Å²) >= 11 is 0. The normalized spacial score (nSPS) is 13.8. The van der Waals surface area contributed by atoms with Crippen LogP contribution in [-0.4, -0.2) is 47.3 Å². The van der Waals surface area contributed by atoms with Crippen molar-refractivity contribution < 1.29 is 14.1 Å². The Bertz CT molecular complexity index is 1260. The molecule has 2 aromatic heterocycles. The number of amides is 1. The van der Waals surface area contributed by atoms with Crippen molar-refractivity contribution in [3.8, 4) is 0 Å². The van der Waals surface area contributed by atoms with E-state index in [0.29, 0.717) is 36.1 Å². The molecule has 0 aliphatic carbocycles. The van der Waals surface area contributed by atoms with Crippen molar-refractivity contribution in [2.75, 3.05) is 41.8 Å². The predicted octanol–water partition coefficient (Wildman–Crippen LogP) is 3.69. The Morgan fingerprint density at radius 2 is 1.79 bits per heavy atom. The molecule has 3 heterocycles. The molecule has 1 aliphatic heterocycles. The lowest BCUT2D eigenvalue weighted by atomic mass is 10.1. The summed E-state index contributed by atoms with van der Waals surface area (Å²) in [6.45, 7) is 4.87. The van der Waals surface area contributed by atoms with Crippen LogP contribution in [0.5, 0.6) is 0 Å². The Balaban J connectivity index is 1.22. The number of morpholine rings is 1. The molecular weight excluding hydrogens is 420 g/mol. The summed E-state index contributed by atoms with van der Waals surface area (Å²) in [5, 5.41) is 11.1. The fraction of sp³-hybridized carbons (Fsp3) is 0.250. The number of nitrogens with zero attached hydrogens (tertiary/aromatic N) is 4. The average Bonchev–Trinajstić information content (AvgIpc) is 3.23. The van der Waals surface area contributed by atoms with Gasteiger partial charge in [-0.1, -0.05) is 17.3 Å². The summed E-state index contributed by atoms with van der Waals surface area (Å²) in [6.07, 6.45) is 0.140. The number of hydrogen-bond donors (Lipinski definition) is 2. The van der Waals surface area contributed by atoms with Gasteiger partial charge in [-0.3, -0.25) is 4.79 Å². The van der Waals surface area contributed by atoms with Crippen molar-refractivity contribution in [3.05, 3.63) is 66.0 Å². The van der Waals surface area contributed by atoms with E-state index in [4.69, 9.17) is 9.26 Å². The van der Waals surface area contributed by atoms with Crippen LogP contribution in [0.25, 0.3) is 11.0 Å². The van der Waals surface area contributed by atoms with Gasteiger partial charge in [-0.05, 0) is 43.3 Å². The van der Waals surface area contributed by atoms with Crippen molar-refractivity contribution in [1.82, 2.24) is 15.1 Å². The largest absolute Gasteiger partial charge is 0.378 e. The molecular formula is C24H24N6O3. The summed E-state index contributed by atoms with van der Waals surface area (Å²) in [5.74, 6) is 1.26. The van der Waals surface area contributed by atoms with E-state index in [1.54, 1.807) is 0 Å². The summed E-state index contributed by atoms with van der Waals surface area (Å²) in [7, 11) is 0. The molecule has 2 N–H and O–H groups in total. The van der Waals surface area contributed by atoms with Gasteiger partial charge in [-0.15, -0.1) is 0 Å². The van der Waals surface area contributed by atoms with Crippen LogP contribution in [0, 0.1) is 6.92 Å². The summed E-state index contributed by atoms with van der Waals surface area (Å²) in [5.41, 5.74) is 3.75. The number of aromatic nitrogens is 3. The third-order valence-corrected chi connectivity index (χ3v) is 5.36. The third kappa shape index (κ3) is 4.93. The Morgan fingerprint density at radius 1 is 1.03 bits per heavy atom. The van der Waals surface area contributed by atoms with Crippen molar-refractivity contribution in [2.45, 2.75) is 13.3 Å². The molecule has 0 radical (unpaired) electrons. The van der Waals surface area contributed by atoms with Crippen LogP contribution in [0.3, 0.4) is 0 Å². The maximum Gasteiger partial charge on any atom is 0.230 e. The van der Waals surface area contributed by atoms with Crippen LogP contribution in [0.4, 0.5) is 23.1 Å². The number of hydrogen-bond acceptors (Lipinski definition) is 8. The molecule has 0 unspecified atom stereocenters. The number of para-hydroxylation sites is 1. The monoisotopic (exact) mass is 444 g/mol. The molecule has 2 aromatic carbocycles. The fourth-order valence-electron chi connectivity index (χ4n) is 3.73. The maximum atomic E-state index is 12.5. The van der Waals surface area contributed by atoms with Gasteiger partial charge in [-0.2, -0.15) is 4.98 Å². The highest BCUT2D eigenvalue weighted by Crippen LogP contribution is 2.22. The van der Waals surface area contributed by atoms with E-state index in [-0.39, 0.29) is 12.3 Å². The molecule has 9 nitrogen and oxygen atoms in total. The van der Waals surface area contributed by atoms with Crippen LogP contribution in [0.15, 0.2) is 59.1 Å². The number of rotatable bonds is 6. The molecule has 1 amide bonds. The summed E-state index contributed by atoms with van der Waals surface area (Å²) in [6, 6.07) is 16.9. The van der Waals surface area contributed by atoms with Gasteiger partial charge in [-0.25, -0.2) is 4.98 Å². The van der Waals surface area contributed by atoms with Crippen LogP contribution in [-0.2, 0) is 16.0 Å². The van der Waals surface area contributed by atoms with Gasteiger partial charge in [0, 0.05) is 41.6 Å². The zero-order valence-corrected chi connectivity index (χ0v) is 18.2. The first-order valence-electron chi connectivity index (χ1n) is 10.8. The van der Waals surface area contributed by atoms with Crippen molar-refractivity contribution in [3.63, 3.8) is 0 Å². The lowest BCUT2D eigenvalue weighted by Gasteiger charge is -2.27. The molecule has 1 aliphatic rings. The van der Waals surface area contributed by atoms with E-state index in [1.807, 2.05) is 61.5 Å². The third-order valence-electron chi connectivity index (χ3n) is 5.36. The van der Waals surface area contributed by atoms with Crippen LogP contribution < -0.4 is 15.5 Å². The molecule has 0 saturated carbocycles. The van der Waals surface area contributed by atoms with Gasteiger partial charge >= 0.3 is 0 Å². The van der Waals surface area contributed by atoms with Gasteiger partial charge in [0.2, 0.25) is 11.9 Å². The van der Waals surface area contributed by atoms with E-state index < -0.39 is 0 Å². The number of aryl methyl sites for hydroxylation is 1. The molecule has 0 spiro atoms. The number of benzene rings is 2. The second-order valence-corrected chi connectivity index (χ2v) is 7.85. The highest BCUT2D eigenvalue weighted by molar-refractivity contribution is 5.94. The quantitative estimate of drug-likeness (QED) is 0.464. The van der Waals surface area contributed by atoms with E-state index in [2.05, 4.69) is 30.7 Å². The van der Waals surface area contributed by atoms with Crippen molar-refractivity contribution >= 4 is 40.0 Å². The predicted molar refractivity (Wildman–Crippen MR) is 126 cm³/mol. The highest BCUT2D eigenvalue weighted by Gasteiger charge is 2.15. The van der Waals surface area contributed by atoms with Crippen molar-refractivity contribution in [2.24, 2.45) is 0 Å². The zero-order chi connectivity index (χ0) is 22.6. The number of nitrogens with one attached hydrogen (secondary N) is 2. The number of fused-ring (bicyclic) bond motifs is 1. The second kappa shape index (κ2) is 9.25. The minimum absolute atomic E-state index is 0.140. The van der Waals surface area contributed by atoms with Gasteiger partial charge in [0.15, 0.2) is 5.58 Å². The Hall–Kier alpha value is -3.98. The first kappa shape index (κ1) is 20.9. The van der Waals surface area contributed by atoms with Crippen molar-refractivity contribution in [1.29, 1.82) is 0 Å². The minimum Gasteiger partial charge on any atom is -0.378 e. The smallest absolute Gasteiger partial charge is 0.230 e. The van der Waals surface area contributed by atoms with E-state index in [1.165, 1.54) is 0 Å². The molecule has 1 saturated heterocycles. The van der Waals surface area contributed by atoms with Crippen LogP contribution in [0.1, 0.15) is 11.4 Å². The number of carbonyl (C=O) groups is 1. The van der Waals surface area contributed by atoms with Crippen LogP contribution in [0.2, 0.25) is 0 Å². The topological polar surface area (TPSA) is 105 Å².